The molecule has 0 radical (unpaired) electrons. The zero-order valence-corrected chi connectivity index (χ0v) is 16.8. The fourth-order valence-electron chi connectivity index (χ4n) is 2.68. The monoisotopic (exact) mass is 401 g/mol. The van der Waals surface area contributed by atoms with E-state index < -0.39 is 0 Å². The number of methoxy groups -OCH3 is 1. The van der Waals surface area contributed by atoms with Crippen molar-refractivity contribution in [2.24, 2.45) is 0 Å². The Morgan fingerprint density at radius 3 is 2.44 bits per heavy atom. The van der Waals surface area contributed by atoms with Crippen LogP contribution in [-0.2, 0) is 13.2 Å². The van der Waals surface area contributed by atoms with Gasteiger partial charge in [0.25, 0.3) is 0 Å². The van der Waals surface area contributed by atoms with Crippen LogP contribution in [0.2, 0.25) is 10.0 Å². The highest BCUT2D eigenvalue weighted by Gasteiger charge is 2.08. The Kier molecular flexibility index (Phi) is 6.49. The molecule has 5 heteroatoms. The van der Waals surface area contributed by atoms with E-state index in [9.17, 15) is 0 Å². The van der Waals surface area contributed by atoms with Crippen LogP contribution in [-0.4, -0.2) is 7.11 Å². The lowest BCUT2D eigenvalue weighted by Crippen LogP contribution is -2.02. The summed E-state index contributed by atoms with van der Waals surface area (Å²) < 4.78 is 11.5. The Labute approximate surface area is 169 Å². The molecular formula is C22H21Cl2NO2. The first-order valence-corrected chi connectivity index (χ1v) is 9.35. The molecule has 0 aliphatic carbocycles. The number of rotatable bonds is 7. The standard InChI is InChI=1S/C22H21Cl2NO2/c1-15-5-3-4-6-17(15)14-27-21-10-7-16(11-22(21)26-2)13-25-18-8-9-19(23)20(24)12-18/h3-12,25H,13-14H2,1-2H3. The second kappa shape index (κ2) is 9.03. The number of hydrogen-bond donors (Lipinski definition) is 1. The summed E-state index contributed by atoms with van der Waals surface area (Å²) in [5.41, 5.74) is 4.34. The van der Waals surface area contributed by atoms with Crippen LogP contribution in [0.5, 0.6) is 11.5 Å². The van der Waals surface area contributed by atoms with Gasteiger partial charge in [-0.25, -0.2) is 0 Å². The summed E-state index contributed by atoms with van der Waals surface area (Å²) in [7, 11) is 1.64. The molecule has 0 spiro atoms. The van der Waals surface area contributed by atoms with E-state index in [-0.39, 0.29) is 0 Å². The summed E-state index contributed by atoms with van der Waals surface area (Å²) in [6.45, 7) is 3.21. The number of benzene rings is 3. The van der Waals surface area contributed by atoms with E-state index in [1.807, 2.05) is 36.4 Å². The van der Waals surface area contributed by atoms with Crippen LogP contribution in [0.15, 0.2) is 60.7 Å². The zero-order chi connectivity index (χ0) is 19.2. The average Bonchev–Trinajstić information content (AvgIpc) is 2.68. The quantitative estimate of drug-likeness (QED) is 0.489. The lowest BCUT2D eigenvalue weighted by atomic mass is 10.1. The smallest absolute Gasteiger partial charge is 0.161 e. The first kappa shape index (κ1) is 19.4. The highest BCUT2D eigenvalue weighted by molar-refractivity contribution is 6.42. The molecule has 140 valence electrons. The van der Waals surface area contributed by atoms with Crippen molar-refractivity contribution in [3.05, 3.63) is 87.4 Å². The van der Waals surface area contributed by atoms with Gasteiger partial charge in [-0.05, 0) is 53.9 Å². The van der Waals surface area contributed by atoms with E-state index in [0.717, 1.165) is 22.6 Å². The number of halogens is 2. The summed E-state index contributed by atoms with van der Waals surface area (Å²) >= 11 is 12.0. The van der Waals surface area contributed by atoms with Crippen LogP contribution in [0.25, 0.3) is 0 Å². The molecule has 0 bridgehead atoms. The Morgan fingerprint density at radius 1 is 0.889 bits per heavy atom. The molecule has 0 saturated carbocycles. The van der Waals surface area contributed by atoms with Gasteiger partial charge < -0.3 is 14.8 Å². The van der Waals surface area contributed by atoms with Crippen LogP contribution in [0.4, 0.5) is 5.69 Å². The predicted molar refractivity (Wildman–Crippen MR) is 112 cm³/mol. The van der Waals surface area contributed by atoms with Gasteiger partial charge in [-0.2, -0.15) is 0 Å². The maximum Gasteiger partial charge on any atom is 0.161 e. The molecule has 0 heterocycles. The second-order valence-corrected chi connectivity index (χ2v) is 7.00. The Morgan fingerprint density at radius 2 is 1.70 bits per heavy atom. The topological polar surface area (TPSA) is 30.5 Å². The minimum Gasteiger partial charge on any atom is -0.493 e. The third kappa shape index (κ3) is 5.09. The Hall–Kier alpha value is -2.36. The molecule has 3 nitrogen and oxygen atoms in total. The van der Waals surface area contributed by atoms with E-state index in [4.69, 9.17) is 32.7 Å². The molecule has 0 aliphatic rings. The van der Waals surface area contributed by atoms with Gasteiger partial charge in [0, 0.05) is 12.2 Å². The minimum absolute atomic E-state index is 0.504. The van der Waals surface area contributed by atoms with Gasteiger partial charge in [-0.15, -0.1) is 0 Å². The largest absolute Gasteiger partial charge is 0.493 e. The van der Waals surface area contributed by atoms with Crippen LogP contribution in [0.1, 0.15) is 16.7 Å². The molecule has 0 atom stereocenters. The van der Waals surface area contributed by atoms with E-state index in [1.165, 1.54) is 5.56 Å². The zero-order valence-electron chi connectivity index (χ0n) is 15.3. The van der Waals surface area contributed by atoms with Crippen molar-refractivity contribution >= 4 is 28.9 Å². The summed E-state index contributed by atoms with van der Waals surface area (Å²) in [6.07, 6.45) is 0. The van der Waals surface area contributed by atoms with Gasteiger partial charge >= 0.3 is 0 Å². The van der Waals surface area contributed by atoms with E-state index in [0.29, 0.717) is 28.9 Å². The normalized spacial score (nSPS) is 10.5. The van der Waals surface area contributed by atoms with Crippen molar-refractivity contribution in [3.63, 3.8) is 0 Å². The highest BCUT2D eigenvalue weighted by atomic mass is 35.5. The van der Waals surface area contributed by atoms with Gasteiger partial charge in [-0.1, -0.05) is 53.5 Å². The van der Waals surface area contributed by atoms with Crippen LogP contribution in [0, 0.1) is 6.92 Å². The Balaban J connectivity index is 1.66. The SMILES string of the molecule is COc1cc(CNc2ccc(Cl)c(Cl)c2)ccc1OCc1ccccc1C. The minimum atomic E-state index is 0.504. The number of aryl methyl sites for hydroxylation is 1. The van der Waals surface area contributed by atoms with E-state index >= 15 is 0 Å². The van der Waals surface area contributed by atoms with E-state index in [1.54, 1.807) is 19.2 Å². The summed E-state index contributed by atoms with van der Waals surface area (Å²) in [6, 6.07) is 19.6. The first-order chi connectivity index (χ1) is 13.1. The van der Waals surface area contributed by atoms with Crippen molar-refractivity contribution in [1.29, 1.82) is 0 Å². The molecule has 0 saturated heterocycles. The lowest BCUT2D eigenvalue weighted by Gasteiger charge is -2.14. The molecule has 27 heavy (non-hydrogen) atoms. The summed E-state index contributed by atoms with van der Waals surface area (Å²) in [5, 5.41) is 4.39. The molecule has 1 N–H and O–H groups in total. The van der Waals surface area contributed by atoms with Gasteiger partial charge in [0.05, 0.1) is 17.2 Å². The highest BCUT2D eigenvalue weighted by Crippen LogP contribution is 2.30. The second-order valence-electron chi connectivity index (χ2n) is 6.18. The number of ether oxygens (including phenoxy) is 2. The third-order valence-electron chi connectivity index (χ3n) is 4.29. The van der Waals surface area contributed by atoms with E-state index in [2.05, 4.69) is 24.4 Å². The van der Waals surface area contributed by atoms with Crippen LogP contribution in [0.3, 0.4) is 0 Å². The van der Waals surface area contributed by atoms with Gasteiger partial charge in [-0.3, -0.25) is 0 Å². The fourth-order valence-corrected chi connectivity index (χ4v) is 2.98. The fraction of sp³-hybridized carbons (Fsp3) is 0.182. The first-order valence-electron chi connectivity index (χ1n) is 8.60. The van der Waals surface area contributed by atoms with Gasteiger partial charge in [0.2, 0.25) is 0 Å². The summed E-state index contributed by atoms with van der Waals surface area (Å²) in [5.74, 6) is 1.43. The molecule has 0 fully saturated rings. The van der Waals surface area contributed by atoms with Crippen LogP contribution >= 0.6 is 23.2 Å². The summed E-state index contributed by atoms with van der Waals surface area (Å²) in [4.78, 5) is 0. The maximum absolute atomic E-state index is 6.05. The molecule has 3 aromatic carbocycles. The van der Waals surface area contributed by atoms with Crippen molar-refractivity contribution in [3.8, 4) is 11.5 Å². The molecule has 0 aromatic heterocycles. The van der Waals surface area contributed by atoms with Gasteiger partial charge in [0.15, 0.2) is 11.5 Å². The number of nitrogens with one attached hydrogen (secondary N) is 1. The molecule has 0 unspecified atom stereocenters. The van der Waals surface area contributed by atoms with Gasteiger partial charge in [0.1, 0.15) is 6.61 Å². The number of hydrogen-bond acceptors (Lipinski definition) is 3. The van der Waals surface area contributed by atoms with Crippen molar-refractivity contribution in [2.45, 2.75) is 20.1 Å². The molecule has 3 aromatic rings. The molecule has 0 aliphatic heterocycles. The average molecular weight is 402 g/mol. The Bertz CT molecular complexity index is 928. The molecular weight excluding hydrogens is 381 g/mol. The van der Waals surface area contributed by atoms with Crippen molar-refractivity contribution < 1.29 is 9.47 Å². The molecule has 0 amide bonds. The van der Waals surface area contributed by atoms with Crippen molar-refractivity contribution in [1.82, 2.24) is 0 Å². The van der Waals surface area contributed by atoms with Crippen LogP contribution < -0.4 is 14.8 Å². The predicted octanol–water partition coefficient (Wildman–Crippen LogP) is 6.50. The number of anilines is 1. The molecule has 3 rings (SSSR count). The van der Waals surface area contributed by atoms with Crippen molar-refractivity contribution in [2.75, 3.05) is 12.4 Å². The lowest BCUT2D eigenvalue weighted by molar-refractivity contribution is 0.283. The third-order valence-corrected chi connectivity index (χ3v) is 5.03. The maximum atomic E-state index is 6.05.